The van der Waals surface area contributed by atoms with Gasteiger partial charge in [-0.3, -0.25) is 10.2 Å². The molecular formula is C24H21N3O4. The fraction of sp³-hybridized carbons (Fsp3) is 0.0417. The number of phenolic OH excluding ortho intramolecular Hbond substituents is 1. The molecule has 6 N–H and O–H groups in total. The number of amides is 1. The van der Waals surface area contributed by atoms with Crippen LogP contribution in [0, 0.1) is 5.41 Å². The Hall–Kier alpha value is -4.39. The zero-order chi connectivity index (χ0) is 22.4. The number of phenols is 1. The van der Waals surface area contributed by atoms with Gasteiger partial charge in [0.2, 0.25) is 0 Å². The third kappa shape index (κ3) is 5.36. The second-order valence-electron chi connectivity index (χ2n) is 6.76. The summed E-state index contributed by atoms with van der Waals surface area (Å²) in [5, 5.41) is 29.2. The number of carboxylic acids is 1. The Bertz CT molecular complexity index is 1170. The topological polar surface area (TPSA) is 136 Å². The van der Waals surface area contributed by atoms with Crippen molar-refractivity contribution < 1.29 is 19.8 Å². The van der Waals surface area contributed by atoms with Crippen LogP contribution in [0.25, 0.3) is 17.2 Å². The van der Waals surface area contributed by atoms with Crippen molar-refractivity contribution in [3.8, 4) is 16.9 Å². The van der Waals surface area contributed by atoms with Crippen LogP contribution in [0.15, 0.2) is 72.8 Å². The quantitative estimate of drug-likeness (QED) is 0.297. The Morgan fingerprint density at radius 2 is 1.65 bits per heavy atom. The normalized spacial score (nSPS) is 10.7. The number of carboxylic acid groups (broad SMARTS) is 1. The number of benzene rings is 3. The van der Waals surface area contributed by atoms with E-state index in [4.69, 9.17) is 16.2 Å². The summed E-state index contributed by atoms with van der Waals surface area (Å²) in [5.41, 5.74) is 8.67. The molecule has 0 radical (unpaired) electrons. The number of nitrogens with two attached hydrogens (primary N) is 1. The Morgan fingerprint density at radius 1 is 0.935 bits per heavy atom. The van der Waals surface area contributed by atoms with Gasteiger partial charge in [0, 0.05) is 23.2 Å². The largest absolute Gasteiger partial charge is 0.507 e. The summed E-state index contributed by atoms with van der Waals surface area (Å²) in [7, 11) is 0. The van der Waals surface area contributed by atoms with Crippen molar-refractivity contribution in [2.45, 2.75) is 0 Å². The minimum atomic E-state index is -0.993. The molecule has 0 atom stereocenters. The van der Waals surface area contributed by atoms with Crippen molar-refractivity contribution in [1.29, 1.82) is 5.41 Å². The first-order chi connectivity index (χ1) is 14.8. The first-order valence-corrected chi connectivity index (χ1v) is 9.41. The van der Waals surface area contributed by atoms with E-state index in [2.05, 4.69) is 5.32 Å². The number of nitrogens with one attached hydrogen (secondary N) is 2. The lowest BCUT2D eigenvalue weighted by molar-refractivity contribution is 0.0696. The smallest absolute Gasteiger partial charge is 0.335 e. The SMILES string of the molecule is N=C(N)c1ccc(O)c(C=CCNC(=O)c2ccc(-c3cccc(C(=O)O)c3)cc2)c1. The highest BCUT2D eigenvalue weighted by molar-refractivity contribution is 5.96. The number of aromatic carboxylic acids is 1. The first kappa shape index (κ1) is 21.3. The molecule has 156 valence electrons. The van der Waals surface area contributed by atoms with Gasteiger partial charge in [-0.05, 0) is 53.6 Å². The van der Waals surface area contributed by atoms with Crippen LogP contribution in [0.3, 0.4) is 0 Å². The summed E-state index contributed by atoms with van der Waals surface area (Å²) < 4.78 is 0. The predicted molar refractivity (Wildman–Crippen MR) is 119 cm³/mol. The highest BCUT2D eigenvalue weighted by atomic mass is 16.4. The fourth-order valence-corrected chi connectivity index (χ4v) is 2.94. The molecule has 0 spiro atoms. The average molecular weight is 415 g/mol. The van der Waals surface area contributed by atoms with E-state index in [-0.39, 0.29) is 29.6 Å². The minimum absolute atomic E-state index is 0.0510. The van der Waals surface area contributed by atoms with Crippen molar-refractivity contribution >= 4 is 23.8 Å². The fourth-order valence-electron chi connectivity index (χ4n) is 2.94. The Kier molecular flexibility index (Phi) is 6.47. The summed E-state index contributed by atoms with van der Waals surface area (Å²) in [4.78, 5) is 23.5. The Labute approximate surface area is 179 Å². The molecule has 0 bridgehead atoms. The van der Waals surface area contributed by atoms with Gasteiger partial charge in [-0.15, -0.1) is 0 Å². The van der Waals surface area contributed by atoms with E-state index in [1.807, 2.05) is 6.07 Å². The van der Waals surface area contributed by atoms with Crippen LogP contribution in [-0.2, 0) is 0 Å². The van der Waals surface area contributed by atoms with E-state index in [9.17, 15) is 14.7 Å². The Morgan fingerprint density at radius 3 is 2.32 bits per heavy atom. The summed E-state index contributed by atoms with van der Waals surface area (Å²) in [6.45, 7) is 0.241. The van der Waals surface area contributed by atoms with Crippen molar-refractivity contribution in [2.24, 2.45) is 5.73 Å². The standard InChI is InChI=1S/C24H21N3O4/c25-22(26)19-10-11-21(28)18(14-19)5-2-12-27-23(29)16-8-6-15(7-9-16)17-3-1-4-20(13-17)24(30)31/h1-11,13-14,28H,12H2,(H3,25,26)(H,27,29)(H,30,31). The lowest BCUT2D eigenvalue weighted by Gasteiger charge is -2.06. The van der Waals surface area contributed by atoms with E-state index < -0.39 is 5.97 Å². The van der Waals surface area contributed by atoms with Crippen molar-refractivity contribution in [3.63, 3.8) is 0 Å². The molecule has 0 aliphatic carbocycles. The molecule has 0 saturated heterocycles. The number of amidine groups is 1. The second-order valence-corrected chi connectivity index (χ2v) is 6.76. The molecule has 0 aliphatic rings. The van der Waals surface area contributed by atoms with Crippen LogP contribution in [0.4, 0.5) is 0 Å². The third-order valence-corrected chi connectivity index (χ3v) is 4.61. The number of aromatic hydroxyl groups is 1. The molecule has 1 amide bonds. The van der Waals surface area contributed by atoms with Gasteiger partial charge < -0.3 is 21.3 Å². The van der Waals surface area contributed by atoms with Gasteiger partial charge in [0.25, 0.3) is 5.91 Å². The summed E-state index contributed by atoms with van der Waals surface area (Å²) in [6.07, 6.45) is 3.32. The summed E-state index contributed by atoms with van der Waals surface area (Å²) in [5.74, 6) is -1.30. The van der Waals surface area contributed by atoms with E-state index in [1.165, 1.54) is 12.1 Å². The van der Waals surface area contributed by atoms with E-state index in [0.29, 0.717) is 16.7 Å². The molecule has 0 heterocycles. The maximum Gasteiger partial charge on any atom is 0.335 e. The van der Waals surface area contributed by atoms with Gasteiger partial charge in [0.15, 0.2) is 0 Å². The van der Waals surface area contributed by atoms with Gasteiger partial charge in [-0.25, -0.2) is 4.79 Å². The van der Waals surface area contributed by atoms with Gasteiger partial charge in [-0.2, -0.15) is 0 Å². The molecule has 7 nitrogen and oxygen atoms in total. The van der Waals surface area contributed by atoms with Crippen LogP contribution in [0.5, 0.6) is 5.75 Å². The van der Waals surface area contributed by atoms with Gasteiger partial charge in [-0.1, -0.05) is 36.4 Å². The van der Waals surface area contributed by atoms with Crippen LogP contribution >= 0.6 is 0 Å². The highest BCUT2D eigenvalue weighted by Crippen LogP contribution is 2.22. The van der Waals surface area contributed by atoms with Crippen LogP contribution < -0.4 is 11.1 Å². The lowest BCUT2D eigenvalue weighted by Crippen LogP contribution is -2.23. The maximum atomic E-state index is 12.3. The van der Waals surface area contributed by atoms with Crippen molar-refractivity contribution in [2.75, 3.05) is 6.54 Å². The highest BCUT2D eigenvalue weighted by Gasteiger charge is 2.07. The molecule has 3 aromatic rings. The summed E-state index contributed by atoms with van der Waals surface area (Å²) in [6, 6.07) is 18.1. The molecule has 3 rings (SSSR count). The average Bonchev–Trinajstić information content (AvgIpc) is 2.77. The molecule has 7 heteroatoms. The molecule has 3 aromatic carbocycles. The minimum Gasteiger partial charge on any atom is -0.507 e. The second kappa shape index (κ2) is 9.41. The van der Waals surface area contributed by atoms with E-state index in [1.54, 1.807) is 60.7 Å². The third-order valence-electron chi connectivity index (χ3n) is 4.61. The number of nitrogen functional groups attached to an aromatic ring is 1. The molecule has 0 aromatic heterocycles. The van der Waals surface area contributed by atoms with Gasteiger partial charge in [0.05, 0.1) is 5.56 Å². The van der Waals surface area contributed by atoms with Crippen LogP contribution in [0.1, 0.15) is 31.8 Å². The van der Waals surface area contributed by atoms with Gasteiger partial charge in [0.1, 0.15) is 11.6 Å². The first-order valence-electron chi connectivity index (χ1n) is 9.41. The van der Waals surface area contributed by atoms with Gasteiger partial charge >= 0.3 is 5.97 Å². The molecule has 0 fully saturated rings. The molecule has 31 heavy (non-hydrogen) atoms. The van der Waals surface area contributed by atoms with Crippen LogP contribution in [0.2, 0.25) is 0 Å². The maximum absolute atomic E-state index is 12.3. The molecule has 0 saturated carbocycles. The predicted octanol–water partition coefficient (Wildman–Crippen LogP) is 3.48. The summed E-state index contributed by atoms with van der Waals surface area (Å²) >= 11 is 0. The molecular weight excluding hydrogens is 394 g/mol. The Balaban J connectivity index is 1.62. The van der Waals surface area contributed by atoms with E-state index >= 15 is 0 Å². The van der Waals surface area contributed by atoms with Crippen molar-refractivity contribution in [1.82, 2.24) is 5.32 Å². The number of hydrogen-bond acceptors (Lipinski definition) is 4. The lowest BCUT2D eigenvalue weighted by atomic mass is 10.0. The number of carbonyl (C=O) groups excluding carboxylic acids is 1. The van der Waals surface area contributed by atoms with E-state index in [0.717, 1.165) is 11.1 Å². The zero-order valence-corrected chi connectivity index (χ0v) is 16.5. The molecule has 0 unspecified atom stereocenters. The zero-order valence-electron chi connectivity index (χ0n) is 16.5. The number of hydrogen-bond donors (Lipinski definition) is 5. The van der Waals surface area contributed by atoms with Crippen LogP contribution in [-0.4, -0.2) is 34.5 Å². The van der Waals surface area contributed by atoms with Crippen molar-refractivity contribution in [3.05, 3.63) is 95.1 Å². The molecule has 0 aliphatic heterocycles. The number of carbonyl (C=O) groups is 2. The number of rotatable bonds is 7. The monoisotopic (exact) mass is 415 g/mol.